The molecule has 0 spiro atoms. The van der Waals surface area contributed by atoms with E-state index in [1.807, 2.05) is 13.0 Å². The Morgan fingerprint density at radius 2 is 1.71 bits per heavy atom. The summed E-state index contributed by atoms with van der Waals surface area (Å²) < 4.78 is 17.2. The van der Waals surface area contributed by atoms with Crippen molar-refractivity contribution >= 4 is 62.8 Å². The molecule has 7 nitrogen and oxygen atoms in total. The van der Waals surface area contributed by atoms with Crippen LogP contribution in [0.5, 0.6) is 11.5 Å². The van der Waals surface area contributed by atoms with Crippen LogP contribution in [0, 0.1) is 11.3 Å². The minimum absolute atomic E-state index is 0.135. The number of benzene rings is 3. The summed E-state index contributed by atoms with van der Waals surface area (Å²) in [5.41, 5.74) is 1.92. The number of anilines is 1. The van der Waals surface area contributed by atoms with Crippen molar-refractivity contribution < 1.29 is 23.8 Å². The third-order valence-electron chi connectivity index (χ3n) is 5.08. The Kier molecular flexibility index (Phi) is 10.6. The maximum atomic E-state index is 12.8. The van der Waals surface area contributed by atoms with Gasteiger partial charge in [0.25, 0.3) is 5.91 Å². The summed E-state index contributed by atoms with van der Waals surface area (Å²) in [6, 6.07) is 16.6. The molecule has 0 aliphatic heterocycles. The number of rotatable bonds is 10. The van der Waals surface area contributed by atoms with Gasteiger partial charge in [-0.2, -0.15) is 5.26 Å². The van der Waals surface area contributed by atoms with Gasteiger partial charge in [-0.25, -0.2) is 4.79 Å². The molecule has 196 valence electrons. The number of nitrogens with one attached hydrogen (secondary N) is 1. The molecule has 38 heavy (non-hydrogen) atoms. The molecule has 0 aliphatic rings. The monoisotopic (exact) mass is 616 g/mol. The lowest BCUT2D eigenvalue weighted by Crippen LogP contribution is -2.13. The highest BCUT2D eigenvalue weighted by Crippen LogP contribution is 2.36. The number of ether oxygens (including phenoxy) is 3. The summed E-state index contributed by atoms with van der Waals surface area (Å²) in [4.78, 5) is 24.6. The summed E-state index contributed by atoms with van der Waals surface area (Å²) in [6.07, 6.45) is 1.44. The molecular weight excluding hydrogens is 595 g/mol. The van der Waals surface area contributed by atoms with Gasteiger partial charge in [-0.1, -0.05) is 45.2 Å². The van der Waals surface area contributed by atoms with Gasteiger partial charge in [0.15, 0.2) is 11.5 Å². The fraction of sp³-hybridized carbons (Fsp3) is 0.179. The fourth-order valence-electron chi connectivity index (χ4n) is 3.24. The second-order valence-electron chi connectivity index (χ2n) is 7.70. The Morgan fingerprint density at radius 3 is 2.34 bits per heavy atom. The molecule has 3 aromatic rings. The van der Waals surface area contributed by atoms with E-state index in [4.69, 9.17) is 37.4 Å². The summed E-state index contributed by atoms with van der Waals surface area (Å²) in [5, 5.41) is 13.3. The van der Waals surface area contributed by atoms with Crippen molar-refractivity contribution in [3.63, 3.8) is 0 Å². The highest BCUT2D eigenvalue weighted by atomic mass is 79.9. The van der Waals surface area contributed by atoms with Crippen LogP contribution < -0.4 is 14.8 Å². The Morgan fingerprint density at radius 1 is 1.00 bits per heavy atom. The van der Waals surface area contributed by atoms with Gasteiger partial charge in [-0.3, -0.25) is 4.79 Å². The number of hydrogen-bond acceptors (Lipinski definition) is 6. The number of nitriles is 1. The van der Waals surface area contributed by atoms with Crippen LogP contribution in [0.1, 0.15) is 35.3 Å². The van der Waals surface area contributed by atoms with Gasteiger partial charge < -0.3 is 19.5 Å². The number of amides is 1. The van der Waals surface area contributed by atoms with Crippen molar-refractivity contribution in [1.29, 1.82) is 5.26 Å². The van der Waals surface area contributed by atoms with Crippen LogP contribution in [0.2, 0.25) is 10.0 Å². The van der Waals surface area contributed by atoms with Gasteiger partial charge in [0, 0.05) is 25.8 Å². The summed E-state index contributed by atoms with van der Waals surface area (Å²) in [6.45, 7) is 4.36. The molecule has 0 saturated heterocycles. The molecule has 0 aromatic heterocycles. The largest absolute Gasteiger partial charge is 0.490 e. The predicted octanol–water partition coefficient (Wildman–Crippen LogP) is 7.46. The number of carbonyl (C=O) groups excluding carboxylic acids is 2. The van der Waals surface area contributed by atoms with Crippen LogP contribution in [0.15, 0.2) is 64.6 Å². The summed E-state index contributed by atoms with van der Waals surface area (Å²) in [5.74, 6) is -0.189. The SMILES string of the molecule is CCOC(=O)c1ccc(NC(=O)/C(C#N)=C/c2cc(OCC)c(OCc3ccc(Cl)cc3Cl)cc2Br)cc1. The van der Waals surface area contributed by atoms with Crippen LogP contribution in [-0.4, -0.2) is 25.1 Å². The van der Waals surface area contributed by atoms with Gasteiger partial charge in [0.2, 0.25) is 0 Å². The van der Waals surface area contributed by atoms with Gasteiger partial charge in [-0.05, 0) is 74.0 Å². The standard InChI is InChI=1S/C28H23BrCl2N2O5/c1-3-36-25-12-19(23(29)14-26(25)38-16-18-5-8-21(30)13-24(18)31)11-20(15-32)27(34)33-22-9-6-17(7-10-22)28(35)37-4-2/h5-14H,3-4,16H2,1-2H3,(H,33,34)/b20-11+. The minimum atomic E-state index is -0.612. The molecule has 0 saturated carbocycles. The first-order chi connectivity index (χ1) is 18.2. The molecular formula is C28H23BrCl2N2O5. The Bertz CT molecular complexity index is 1400. The lowest BCUT2D eigenvalue weighted by atomic mass is 10.1. The van der Waals surface area contributed by atoms with Gasteiger partial charge >= 0.3 is 5.97 Å². The normalized spacial score (nSPS) is 10.9. The lowest BCUT2D eigenvalue weighted by Gasteiger charge is -2.15. The highest BCUT2D eigenvalue weighted by molar-refractivity contribution is 9.10. The molecule has 3 rings (SSSR count). The molecule has 0 heterocycles. The third-order valence-corrected chi connectivity index (χ3v) is 6.35. The van der Waals surface area contributed by atoms with Crippen molar-refractivity contribution in [3.8, 4) is 17.6 Å². The average molecular weight is 618 g/mol. The van der Waals surface area contributed by atoms with Crippen LogP contribution in [0.4, 0.5) is 5.69 Å². The van der Waals surface area contributed by atoms with Crippen molar-refractivity contribution in [2.75, 3.05) is 18.5 Å². The second-order valence-corrected chi connectivity index (χ2v) is 9.40. The first-order valence-electron chi connectivity index (χ1n) is 11.5. The van der Waals surface area contributed by atoms with E-state index >= 15 is 0 Å². The zero-order chi connectivity index (χ0) is 27.7. The topological polar surface area (TPSA) is 97.7 Å². The number of nitrogens with zero attached hydrogens (tertiary/aromatic N) is 1. The van der Waals surface area contributed by atoms with Crippen molar-refractivity contribution in [2.24, 2.45) is 0 Å². The van der Waals surface area contributed by atoms with E-state index in [2.05, 4.69) is 21.2 Å². The fourth-order valence-corrected chi connectivity index (χ4v) is 4.14. The van der Waals surface area contributed by atoms with E-state index in [-0.39, 0.29) is 18.8 Å². The molecule has 0 aliphatic carbocycles. The van der Waals surface area contributed by atoms with Crippen LogP contribution in [-0.2, 0) is 16.1 Å². The molecule has 0 unspecified atom stereocenters. The van der Waals surface area contributed by atoms with E-state index in [1.54, 1.807) is 49.4 Å². The van der Waals surface area contributed by atoms with E-state index in [0.717, 1.165) is 5.56 Å². The van der Waals surface area contributed by atoms with Gasteiger partial charge in [0.05, 0.1) is 18.8 Å². The molecule has 1 amide bonds. The highest BCUT2D eigenvalue weighted by Gasteiger charge is 2.15. The minimum Gasteiger partial charge on any atom is -0.490 e. The third kappa shape index (κ3) is 7.75. The maximum absolute atomic E-state index is 12.8. The smallest absolute Gasteiger partial charge is 0.338 e. The van der Waals surface area contributed by atoms with Crippen molar-refractivity contribution in [1.82, 2.24) is 0 Å². The molecule has 1 N–H and O–H groups in total. The number of esters is 1. The van der Waals surface area contributed by atoms with E-state index in [0.29, 0.717) is 49.4 Å². The second kappa shape index (κ2) is 13.9. The quantitative estimate of drug-likeness (QED) is 0.144. The molecule has 10 heteroatoms. The Labute approximate surface area is 239 Å². The first-order valence-corrected chi connectivity index (χ1v) is 13.0. The van der Waals surface area contributed by atoms with Gasteiger partial charge in [0.1, 0.15) is 18.2 Å². The number of halogens is 3. The number of hydrogen-bond donors (Lipinski definition) is 1. The Hall–Kier alpha value is -3.51. The average Bonchev–Trinajstić information content (AvgIpc) is 2.89. The molecule has 0 fully saturated rings. The zero-order valence-corrected chi connectivity index (χ0v) is 23.6. The van der Waals surface area contributed by atoms with Crippen molar-refractivity contribution in [2.45, 2.75) is 20.5 Å². The Balaban J connectivity index is 1.80. The lowest BCUT2D eigenvalue weighted by molar-refractivity contribution is -0.112. The first kappa shape index (κ1) is 29.1. The summed E-state index contributed by atoms with van der Waals surface area (Å²) in [7, 11) is 0. The zero-order valence-electron chi connectivity index (χ0n) is 20.5. The van der Waals surface area contributed by atoms with Crippen LogP contribution in [0.25, 0.3) is 6.08 Å². The van der Waals surface area contributed by atoms with E-state index < -0.39 is 11.9 Å². The molecule has 3 aromatic carbocycles. The van der Waals surface area contributed by atoms with Gasteiger partial charge in [-0.15, -0.1) is 0 Å². The maximum Gasteiger partial charge on any atom is 0.338 e. The number of carbonyl (C=O) groups is 2. The van der Waals surface area contributed by atoms with E-state index in [9.17, 15) is 14.9 Å². The van der Waals surface area contributed by atoms with Crippen LogP contribution >= 0.6 is 39.1 Å². The van der Waals surface area contributed by atoms with E-state index in [1.165, 1.54) is 18.2 Å². The predicted molar refractivity (Wildman–Crippen MR) is 151 cm³/mol. The molecule has 0 atom stereocenters. The summed E-state index contributed by atoms with van der Waals surface area (Å²) >= 11 is 15.7. The molecule has 0 radical (unpaired) electrons. The van der Waals surface area contributed by atoms with Crippen LogP contribution in [0.3, 0.4) is 0 Å². The van der Waals surface area contributed by atoms with Crippen molar-refractivity contribution in [3.05, 3.63) is 91.4 Å². The molecule has 0 bridgehead atoms.